The summed E-state index contributed by atoms with van der Waals surface area (Å²) >= 11 is 0. The largest absolute Gasteiger partial charge is 0.338 e. The third-order valence-corrected chi connectivity index (χ3v) is 6.16. The van der Waals surface area contributed by atoms with Crippen LogP contribution in [0.1, 0.15) is 28.5 Å². The Balaban J connectivity index is 2.04. The van der Waals surface area contributed by atoms with Crippen LogP contribution in [0.25, 0.3) is 10.9 Å². The van der Waals surface area contributed by atoms with E-state index in [0.717, 1.165) is 0 Å². The van der Waals surface area contributed by atoms with E-state index in [1.807, 2.05) is 0 Å². The molecule has 0 aliphatic carbocycles. The molecule has 0 bridgehead atoms. The van der Waals surface area contributed by atoms with Gasteiger partial charge in [-0.25, -0.2) is 12.8 Å². The summed E-state index contributed by atoms with van der Waals surface area (Å²) in [4.78, 5) is 25.9. The molecule has 8 heteroatoms. The second-order valence-electron chi connectivity index (χ2n) is 6.07. The number of carbonyl (C=O) groups excluding carboxylic acids is 2. The van der Waals surface area contributed by atoms with E-state index in [-0.39, 0.29) is 23.0 Å². The zero-order valence-electron chi connectivity index (χ0n) is 13.3. The van der Waals surface area contributed by atoms with E-state index in [1.54, 1.807) is 0 Å². The maximum atomic E-state index is 13.6. The maximum Gasteiger partial charge on any atom is 0.256 e. The molecule has 1 unspecified atom stereocenters. The third kappa shape index (κ3) is 2.82. The number of fused-ring (bicyclic) bond motifs is 1. The van der Waals surface area contributed by atoms with E-state index in [9.17, 15) is 22.4 Å². The first kappa shape index (κ1) is 16.6. The standard InChI is InChI=1S/C16H17FN2O4S/c1-10(20)19-8-14(13-7-11(17)3-4-15(13)19)16(21)18(2)12-5-6-24(22,23)9-12/h3-4,7-8,12H,5-6,9H2,1-2H3. The Hall–Kier alpha value is -2.22. The van der Waals surface area contributed by atoms with Gasteiger partial charge in [-0.1, -0.05) is 0 Å². The molecule has 1 atom stereocenters. The lowest BCUT2D eigenvalue weighted by molar-refractivity contribution is 0.0749. The average molecular weight is 352 g/mol. The van der Waals surface area contributed by atoms with E-state index in [2.05, 4.69) is 0 Å². The molecular formula is C16H17FN2O4S. The molecule has 1 saturated heterocycles. The van der Waals surface area contributed by atoms with Crippen molar-refractivity contribution < 1.29 is 22.4 Å². The molecular weight excluding hydrogens is 335 g/mol. The van der Waals surface area contributed by atoms with Crippen LogP contribution in [0, 0.1) is 5.82 Å². The molecule has 0 saturated carbocycles. The van der Waals surface area contributed by atoms with E-state index in [0.29, 0.717) is 17.3 Å². The number of sulfone groups is 1. The Bertz CT molecular complexity index is 948. The lowest BCUT2D eigenvalue weighted by Gasteiger charge is -2.23. The molecule has 0 spiro atoms. The van der Waals surface area contributed by atoms with Gasteiger partial charge in [0.05, 0.1) is 22.6 Å². The van der Waals surface area contributed by atoms with Gasteiger partial charge in [0.15, 0.2) is 9.84 Å². The second-order valence-corrected chi connectivity index (χ2v) is 8.29. The van der Waals surface area contributed by atoms with Crippen molar-refractivity contribution in [1.29, 1.82) is 0 Å². The van der Waals surface area contributed by atoms with Crippen molar-refractivity contribution in [1.82, 2.24) is 9.47 Å². The topological polar surface area (TPSA) is 76.5 Å². The zero-order valence-corrected chi connectivity index (χ0v) is 14.1. The molecule has 1 aromatic heterocycles. The third-order valence-electron chi connectivity index (χ3n) is 4.41. The highest BCUT2D eigenvalue weighted by Gasteiger charge is 2.34. The van der Waals surface area contributed by atoms with Gasteiger partial charge in [0.2, 0.25) is 5.91 Å². The fourth-order valence-corrected chi connectivity index (χ4v) is 4.84. The van der Waals surface area contributed by atoms with Crippen LogP contribution in [0.5, 0.6) is 0 Å². The monoisotopic (exact) mass is 352 g/mol. The van der Waals surface area contributed by atoms with Crippen molar-refractivity contribution in [3.8, 4) is 0 Å². The Morgan fingerprint density at radius 2 is 2.04 bits per heavy atom. The summed E-state index contributed by atoms with van der Waals surface area (Å²) in [6.07, 6.45) is 1.76. The summed E-state index contributed by atoms with van der Waals surface area (Å²) in [6.45, 7) is 1.35. The van der Waals surface area contributed by atoms with Crippen LogP contribution in [0.15, 0.2) is 24.4 Å². The van der Waals surface area contributed by atoms with Crippen LogP contribution >= 0.6 is 0 Å². The first-order valence-electron chi connectivity index (χ1n) is 7.49. The molecule has 2 heterocycles. The van der Waals surface area contributed by atoms with Crippen molar-refractivity contribution in [2.24, 2.45) is 0 Å². The maximum absolute atomic E-state index is 13.6. The molecule has 1 aromatic carbocycles. The van der Waals surface area contributed by atoms with Gasteiger partial charge in [0.1, 0.15) is 5.82 Å². The summed E-state index contributed by atoms with van der Waals surface area (Å²) < 4.78 is 38.1. The van der Waals surface area contributed by atoms with E-state index in [4.69, 9.17) is 0 Å². The number of halogens is 1. The Morgan fingerprint density at radius 3 is 2.62 bits per heavy atom. The van der Waals surface area contributed by atoms with Gasteiger partial charge in [-0.2, -0.15) is 0 Å². The van der Waals surface area contributed by atoms with Crippen LogP contribution in [0.3, 0.4) is 0 Å². The minimum Gasteiger partial charge on any atom is -0.338 e. The molecule has 1 amide bonds. The van der Waals surface area contributed by atoms with Gasteiger partial charge >= 0.3 is 0 Å². The van der Waals surface area contributed by atoms with Crippen LogP contribution in [0.2, 0.25) is 0 Å². The second kappa shape index (κ2) is 5.70. The van der Waals surface area contributed by atoms with Gasteiger partial charge in [0.25, 0.3) is 5.91 Å². The van der Waals surface area contributed by atoms with Gasteiger partial charge in [0, 0.05) is 31.6 Å². The molecule has 3 rings (SSSR count). The van der Waals surface area contributed by atoms with Gasteiger partial charge in [-0.15, -0.1) is 0 Å². The highest BCUT2D eigenvalue weighted by Crippen LogP contribution is 2.26. The molecule has 2 aromatic rings. The first-order chi connectivity index (χ1) is 11.2. The number of carbonyl (C=O) groups is 2. The number of amides is 1. The number of nitrogens with zero attached hydrogens (tertiary/aromatic N) is 2. The predicted octanol–water partition coefficient (Wildman–Crippen LogP) is 1.70. The highest BCUT2D eigenvalue weighted by atomic mass is 32.2. The van der Waals surface area contributed by atoms with Crippen LogP contribution in [-0.2, 0) is 9.84 Å². The summed E-state index contributed by atoms with van der Waals surface area (Å²) in [5, 5.41) is 0.336. The van der Waals surface area contributed by atoms with Crippen LogP contribution in [0.4, 0.5) is 4.39 Å². The smallest absolute Gasteiger partial charge is 0.256 e. The van der Waals surface area contributed by atoms with Crippen LogP contribution < -0.4 is 0 Å². The van der Waals surface area contributed by atoms with Crippen molar-refractivity contribution in [3.05, 3.63) is 35.8 Å². The molecule has 24 heavy (non-hydrogen) atoms. The summed E-state index contributed by atoms with van der Waals surface area (Å²) in [6, 6.07) is 3.47. The van der Waals surface area contributed by atoms with Crippen molar-refractivity contribution >= 4 is 32.6 Å². The van der Waals surface area contributed by atoms with Gasteiger partial charge < -0.3 is 4.90 Å². The summed E-state index contributed by atoms with van der Waals surface area (Å²) in [5.74, 6) is -1.25. The minimum atomic E-state index is -3.13. The van der Waals surface area contributed by atoms with Crippen LogP contribution in [-0.4, -0.2) is 54.3 Å². The average Bonchev–Trinajstić information content (AvgIpc) is 3.05. The molecule has 1 aliphatic heterocycles. The van der Waals surface area contributed by atoms with E-state index >= 15 is 0 Å². The minimum absolute atomic E-state index is 0.0547. The summed E-state index contributed by atoms with van der Waals surface area (Å²) in [7, 11) is -1.60. The number of hydrogen-bond acceptors (Lipinski definition) is 4. The fourth-order valence-electron chi connectivity index (χ4n) is 3.07. The number of aromatic nitrogens is 1. The van der Waals surface area contributed by atoms with Crippen molar-refractivity contribution in [2.45, 2.75) is 19.4 Å². The number of hydrogen-bond donors (Lipinski definition) is 0. The fraction of sp³-hybridized carbons (Fsp3) is 0.375. The van der Waals surface area contributed by atoms with Crippen molar-refractivity contribution in [2.75, 3.05) is 18.6 Å². The number of benzene rings is 1. The normalized spacial score (nSPS) is 19.5. The van der Waals surface area contributed by atoms with Gasteiger partial charge in [-0.05, 0) is 24.6 Å². The van der Waals surface area contributed by atoms with Gasteiger partial charge in [-0.3, -0.25) is 14.2 Å². The number of rotatable bonds is 2. The Morgan fingerprint density at radius 1 is 1.33 bits per heavy atom. The highest BCUT2D eigenvalue weighted by molar-refractivity contribution is 7.91. The zero-order chi connectivity index (χ0) is 17.6. The molecule has 0 radical (unpaired) electrons. The lowest BCUT2D eigenvalue weighted by atomic mass is 10.1. The Kier molecular flexibility index (Phi) is 3.95. The molecule has 1 aliphatic rings. The Labute approximate surface area is 138 Å². The molecule has 6 nitrogen and oxygen atoms in total. The predicted molar refractivity (Wildman–Crippen MR) is 87.3 cm³/mol. The van der Waals surface area contributed by atoms with E-state index < -0.39 is 27.6 Å². The van der Waals surface area contributed by atoms with E-state index in [1.165, 1.54) is 47.8 Å². The first-order valence-corrected chi connectivity index (χ1v) is 9.31. The lowest BCUT2D eigenvalue weighted by Crippen LogP contribution is -2.37. The summed E-state index contributed by atoms with van der Waals surface area (Å²) in [5.41, 5.74) is 0.631. The molecule has 128 valence electrons. The SMILES string of the molecule is CC(=O)n1cc(C(=O)N(C)C2CCS(=O)(=O)C2)c2cc(F)ccc21. The quantitative estimate of drug-likeness (QED) is 0.824. The van der Waals surface area contributed by atoms with Crippen molar-refractivity contribution in [3.63, 3.8) is 0 Å². The molecule has 0 N–H and O–H groups in total. The molecule has 1 fully saturated rings.